The number of hydrogen-bond donors (Lipinski definition) is 1. The first kappa shape index (κ1) is 11.7. The van der Waals surface area contributed by atoms with Gasteiger partial charge in [0.1, 0.15) is 0 Å². The van der Waals surface area contributed by atoms with Gasteiger partial charge in [0.15, 0.2) is 0 Å². The van der Waals surface area contributed by atoms with Crippen molar-refractivity contribution in [3.63, 3.8) is 0 Å². The molecule has 2 aromatic heterocycles. The van der Waals surface area contributed by atoms with E-state index >= 15 is 0 Å². The van der Waals surface area contributed by atoms with Crippen LogP contribution in [0.15, 0.2) is 24.1 Å². The first-order chi connectivity index (χ1) is 8.93. The van der Waals surface area contributed by atoms with E-state index in [9.17, 15) is 0 Å². The Morgan fingerprint density at radius 3 is 3.00 bits per heavy atom. The van der Waals surface area contributed by atoms with Gasteiger partial charge in [0.2, 0.25) is 5.95 Å². The van der Waals surface area contributed by atoms with Crippen molar-refractivity contribution in [2.75, 3.05) is 5.32 Å². The van der Waals surface area contributed by atoms with Crippen molar-refractivity contribution in [1.82, 2.24) is 14.5 Å². The molecule has 0 radical (unpaired) electrons. The standard InChI is InChI=1S/C13H18N4S/c1-2-4-11(5-3-1)17-7-6-15-13(17)16-9-12-8-14-10-18-12/h6-8,10-11H,1-5,9H2,(H,15,16). The van der Waals surface area contributed by atoms with E-state index in [1.165, 1.54) is 37.0 Å². The molecular weight excluding hydrogens is 244 g/mol. The number of aromatic nitrogens is 3. The quantitative estimate of drug-likeness (QED) is 0.917. The van der Waals surface area contributed by atoms with E-state index in [1.807, 2.05) is 17.9 Å². The summed E-state index contributed by atoms with van der Waals surface area (Å²) in [5.74, 6) is 0.996. The highest BCUT2D eigenvalue weighted by Crippen LogP contribution is 2.30. The zero-order valence-corrected chi connectivity index (χ0v) is 11.2. The van der Waals surface area contributed by atoms with E-state index in [4.69, 9.17) is 0 Å². The lowest BCUT2D eigenvalue weighted by Crippen LogP contribution is -2.15. The van der Waals surface area contributed by atoms with Gasteiger partial charge in [0.25, 0.3) is 0 Å². The average molecular weight is 262 g/mol. The van der Waals surface area contributed by atoms with Crippen LogP contribution in [-0.2, 0) is 6.54 Å². The second-order valence-corrected chi connectivity index (χ2v) is 5.74. The molecule has 0 atom stereocenters. The number of rotatable bonds is 4. The van der Waals surface area contributed by atoms with E-state index in [1.54, 1.807) is 11.3 Å². The topological polar surface area (TPSA) is 42.7 Å². The van der Waals surface area contributed by atoms with Gasteiger partial charge in [0, 0.05) is 29.5 Å². The Morgan fingerprint density at radius 1 is 1.33 bits per heavy atom. The van der Waals surface area contributed by atoms with Gasteiger partial charge in [-0.25, -0.2) is 4.98 Å². The molecule has 0 saturated heterocycles. The molecule has 0 aliphatic heterocycles. The maximum absolute atomic E-state index is 4.43. The molecule has 2 aromatic rings. The lowest BCUT2D eigenvalue weighted by atomic mass is 9.95. The van der Waals surface area contributed by atoms with Crippen LogP contribution < -0.4 is 5.32 Å². The van der Waals surface area contributed by atoms with Gasteiger partial charge in [0.05, 0.1) is 12.1 Å². The first-order valence-electron chi connectivity index (χ1n) is 6.57. The monoisotopic (exact) mass is 262 g/mol. The summed E-state index contributed by atoms with van der Waals surface area (Å²) in [6.45, 7) is 0.814. The van der Waals surface area contributed by atoms with Gasteiger partial charge in [-0.15, -0.1) is 11.3 Å². The van der Waals surface area contributed by atoms with Gasteiger partial charge in [-0.2, -0.15) is 0 Å². The number of hydrogen-bond acceptors (Lipinski definition) is 4. The minimum absolute atomic E-state index is 0.630. The molecule has 1 aliphatic rings. The lowest BCUT2D eigenvalue weighted by molar-refractivity contribution is 0.356. The van der Waals surface area contributed by atoms with Gasteiger partial charge < -0.3 is 9.88 Å². The zero-order valence-electron chi connectivity index (χ0n) is 10.4. The van der Waals surface area contributed by atoms with Crippen molar-refractivity contribution in [3.8, 4) is 0 Å². The fraction of sp³-hybridized carbons (Fsp3) is 0.538. The van der Waals surface area contributed by atoms with Crippen molar-refractivity contribution < 1.29 is 0 Å². The highest BCUT2D eigenvalue weighted by Gasteiger charge is 2.17. The Hall–Kier alpha value is -1.36. The Bertz CT molecular complexity index is 471. The van der Waals surface area contributed by atoms with Crippen LogP contribution in [0.2, 0.25) is 0 Å². The van der Waals surface area contributed by atoms with Crippen LogP contribution in [0.25, 0.3) is 0 Å². The summed E-state index contributed by atoms with van der Waals surface area (Å²) >= 11 is 1.68. The summed E-state index contributed by atoms with van der Waals surface area (Å²) in [5.41, 5.74) is 1.87. The van der Waals surface area contributed by atoms with Gasteiger partial charge in [-0.1, -0.05) is 19.3 Å². The smallest absolute Gasteiger partial charge is 0.203 e. The Balaban J connectivity index is 1.67. The minimum Gasteiger partial charge on any atom is -0.351 e. The van der Waals surface area contributed by atoms with Crippen LogP contribution >= 0.6 is 11.3 Å². The molecule has 18 heavy (non-hydrogen) atoms. The maximum atomic E-state index is 4.43. The van der Waals surface area contributed by atoms with Crippen LogP contribution in [0.3, 0.4) is 0 Å². The molecule has 2 heterocycles. The highest BCUT2D eigenvalue weighted by molar-refractivity contribution is 7.09. The molecule has 5 heteroatoms. The second-order valence-electron chi connectivity index (χ2n) is 4.77. The maximum Gasteiger partial charge on any atom is 0.203 e. The molecule has 0 aromatic carbocycles. The van der Waals surface area contributed by atoms with Gasteiger partial charge in [-0.05, 0) is 12.8 Å². The SMILES string of the molecule is c1cn(C2CCCCC2)c(NCc2cncs2)n1. The van der Waals surface area contributed by atoms with Crippen LogP contribution in [-0.4, -0.2) is 14.5 Å². The number of nitrogens with zero attached hydrogens (tertiary/aromatic N) is 3. The Morgan fingerprint density at radius 2 is 2.22 bits per heavy atom. The highest BCUT2D eigenvalue weighted by atomic mass is 32.1. The minimum atomic E-state index is 0.630. The second kappa shape index (κ2) is 5.52. The number of nitrogens with one attached hydrogen (secondary N) is 1. The van der Waals surface area contributed by atoms with E-state index in [0.29, 0.717) is 6.04 Å². The third-order valence-electron chi connectivity index (χ3n) is 3.54. The summed E-state index contributed by atoms with van der Waals surface area (Å²) in [6, 6.07) is 0.630. The van der Waals surface area contributed by atoms with Crippen molar-refractivity contribution in [3.05, 3.63) is 29.0 Å². The predicted molar refractivity (Wildman–Crippen MR) is 73.8 cm³/mol. The summed E-state index contributed by atoms with van der Waals surface area (Å²) < 4.78 is 2.31. The van der Waals surface area contributed by atoms with Crippen LogP contribution in [0.1, 0.15) is 43.0 Å². The van der Waals surface area contributed by atoms with Crippen molar-refractivity contribution >= 4 is 17.3 Å². The molecule has 0 amide bonds. The third kappa shape index (κ3) is 2.56. The largest absolute Gasteiger partial charge is 0.351 e. The fourth-order valence-electron chi connectivity index (χ4n) is 2.60. The molecule has 0 bridgehead atoms. The number of anilines is 1. The molecule has 3 rings (SSSR count). The summed E-state index contributed by atoms with van der Waals surface area (Å²) in [7, 11) is 0. The van der Waals surface area contributed by atoms with Gasteiger partial charge >= 0.3 is 0 Å². The zero-order chi connectivity index (χ0) is 12.2. The molecule has 0 unspecified atom stereocenters. The van der Waals surface area contributed by atoms with Gasteiger partial charge in [-0.3, -0.25) is 4.98 Å². The summed E-state index contributed by atoms with van der Waals surface area (Å²) in [5, 5.41) is 3.42. The molecule has 1 fully saturated rings. The first-order valence-corrected chi connectivity index (χ1v) is 7.45. The molecule has 96 valence electrons. The van der Waals surface area contributed by atoms with Crippen LogP contribution in [0, 0.1) is 0 Å². The van der Waals surface area contributed by atoms with Crippen LogP contribution in [0.4, 0.5) is 5.95 Å². The Labute approximate surface area is 111 Å². The molecule has 0 spiro atoms. The molecular formula is C13H18N4S. The van der Waals surface area contributed by atoms with Crippen molar-refractivity contribution in [2.45, 2.75) is 44.7 Å². The Kier molecular flexibility index (Phi) is 3.59. The molecule has 1 aliphatic carbocycles. The number of imidazole rings is 1. The van der Waals surface area contributed by atoms with Crippen LogP contribution in [0.5, 0.6) is 0 Å². The van der Waals surface area contributed by atoms with E-state index in [-0.39, 0.29) is 0 Å². The number of thiazole rings is 1. The molecule has 4 nitrogen and oxygen atoms in total. The van der Waals surface area contributed by atoms with E-state index in [2.05, 4.69) is 26.0 Å². The van der Waals surface area contributed by atoms with Crippen molar-refractivity contribution in [2.24, 2.45) is 0 Å². The molecule has 1 saturated carbocycles. The van der Waals surface area contributed by atoms with E-state index in [0.717, 1.165) is 12.5 Å². The molecule has 1 N–H and O–H groups in total. The third-order valence-corrected chi connectivity index (χ3v) is 4.32. The summed E-state index contributed by atoms with van der Waals surface area (Å²) in [6.07, 6.45) is 12.5. The average Bonchev–Trinajstić information content (AvgIpc) is 3.09. The van der Waals surface area contributed by atoms with E-state index < -0.39 is 0 Å². The lowest BCUT2D eigenvalue weighted by Gasteiger charge is -2.24. The fourth-order valence-corrected chi connectivity index (χ4v) is 3.13. The van der Waals surface area contributed by atoms with Crippen molar-refractivity contribution in [1.29, 1.82) is 0 Å². The normalized spacial score (nSPS) is 16.9. The predicted octanol–water partition coefficient (Wildman–Crippen LogP) is 3.46. The summed E-state index contributed by atoms with van der Waals surface area (Å²) in [4.78, 5) is 9.76.